The van der Waals surface area contributed by atoms with Crippen molar-refractivity contribution >= 4 is 23.9 Å². The Hall–Kier alpha value is -4.08. The molecule has 10 heteroatoms. The highest BCUT2D eigenvalue weighted by Crippen LogP contribution is 2.28. The van der Waals surface area contributed by atoms with Gasteiger partial charge in [-0.25, -0.2) is 4.79 Å². The lowest BCUT2D eigenvalue weighted by atomic mass is 9.98. The molecule has 2 unspecified atom stereocenters. The smallest absolute Gasteiger partial charge is 0.408 e. The number of carbonyl (C=O) groups excluding carboxylic acids is 4. The number of amides is 3. The molecule has 2 rings (SSSR count). The van der Waals surface area contributed by atoms with Gasteiger partial charge in [0.25, 0.3) is 0 Å². The second kappa shape index (κ2) is 16.4. The van der Waals surface area contributed by atoms with Crippen LogP contribution in [-0.2, 0) is 30.3 Å². The number of aryl methyl sites for hydroxylation is 1. The molecule has 0 radical (unpaired) electrons. The van der Waals surface area contributed by atoms with Gasteiger partial charge in [-0.15, -0.1) is 0 Å². The van der Waals surface area contributed by atoms with Gasteiger partial charge in [-0.05, 0) is 69.9 Å². The van der Waals surface area contributed by atoms with Gasteiger partial charge in [-0.3, -0.25) is 14.4 Å². The van der Waals surface area contributed by atoms with Crippen molar-refractivity contribution in [2.45, 2.75) is 84.9 Å². The van der Waals surface area contributed by atoms with Crippen molar-refractivity contribution in [2.75, 3.05) is 19.7 Å². The maximum atomic E-state index is 14.3. The monoisotopic (exact) mass is 583 g/mol. The van der Waals surface area contributed by atoms with Crippen molar-refractivity contribution < 1.29 is 33.8 Å². The zero-order chi connectivity index (χ0) is 31.3. The van der Waals surface area contributed by atoms with Crippen molar-refractivity contribution in [3.63, 3.8) is 0 Å². The van der Waals surface area contributed by atoms with E-state index in [9.17, 15) is 24.3 Å². The Kier molecular flexibility index (Phi) is 13.3. The third-order valence-corrected chi connectivity index (χ3v) is 6.34. The number of phenolic OH excluding ortho intramolecular Hbond substituents is 1. The molecule has 10 nitrogen and oxygen atoms in total. The van der Waals surface area contributed by atoms with Crippen LogP contribution >= 0.6 is 0 Å². The number of carbonyl (C=O) groups is 4. The number of ether oxygens (including phenoxy) is 2. The second-order valence-corrected chi connectivity index (χ2v) is 11.1. The lowest BCUT2D eigenvalue weighted by Gasteiger charge is -2.35. The first-order valence-electron chi connectivity index (χ1n) is 14.4. The maximum absolute atomic E-state index is 14.3. The first-order chi connectivity index (χ1) is 19.9. The van der Waals surface area contributed by atoms with Crippen molar-refractivity contribution in [3.05, 3.63) is 65.2 Å². The lowest BCUT2D eigenvalue weighted by Crippen LogP contribution is -2.54. The summed E-state index contributed by atoms with van der Waals surface area (Å²) in [5.41, 5.74) is 1.06. The number of unbranched alkanes of at least 4 members (excludes halogenated alkanes) is 1. The van der Waals surface area contributed by atoms with Crippen LogP contribution in [0.4, 0.5) is 4.79 Å². The minimum atomic E-state index is -1.09. The molecule has 42 heavy (non-hydrogen) atoms. The summed E-state index contributed by atoms with van der Waals surface area (Å²) in [5.74, 6) is -1.35. The zero-order valence-electron chi connectivity index (χ0n) is 25.6. The van der Waals surface area contributed by atoms with Gasteiger partial charge in [0.1, 0.15) is 23.4 Å². The van der Waals surface area contributed by atoms with Gasteiger partial charge in [-0.2, -0.15) is 0 Å². The molecule has 2 aromatic carbocycles. The van der Waals surface area contributed by atoms with Gasteiger partial charge >= 0.3 is 12.1 Å². The second-order valence-electron chi connectivity index (χ2n) is 11.1. The van der Waals surface area contributed by atoms with E-state index >= 15 is 0 Å². The number of aromatic hydroxyl groups is 1. The largest absolute Gasteiger partial charge is 0.508 e. The Morgan fingerprint density at radius 1 is 1.02 bits per heavy atom. The predicted molar refractivity (Wildman–Crippen MR) is 160 cm³/mol. The van der Waals surface area contributed by atoms with Gasteiger partial charge in [0.15, 0.2) is 0 Å². The topological polar surface area (TPSA) is 134 Å². The van der Waals surface area contributed by atoms with Crippen LogP contribution in [0.1, 0.15) is 76.6 Å². The highest BCUT2D eigenvalue weighted by Gasteiger charge is 2.36. The Labute approximate surface area is 248 Å². The Morgan fingerprint density at radius 2 is 1.71 bits per heavy atom. The SMILES string of the molecule is CCCCN(C(=O)C(Cc1ccccc1)NC(=O)OC(C)(C)C)C(C(=O)NCCC(=O)OCC)c1ccc(O)c(C)c1. The number of benzene rings is 2. The average Bonchev–Trinajstić information content (AvgIpc) is 2.91. The van der Waals surface area contributed by atoms with Gasteiger partial charge in [0, 0.05) is 19.5 Å². The first kappa shape index (κ1) is 34.1. The molecular weight excluding hydrogens is 538 g/mol. The van der Waals surface area contributed by atoms with Crippen molar-refractivity contribution in [3.8, 4) is 5.75 Å². The number of rotatable bonds is 14. The average molecular weight is 584 g/mol. The molecule has 0 bridgehead atoms. The van der Waals surface area contributed by atoms with E-state index in [4.69, 9.17) is 9.47 Å². The van der Waals surface area contributed by atoms with Crippen LogP contribution in [0.3, 0.4) is 0 Å². The first-order valence-corrected chi connectivity index (χ1v) is 14.4. The van der Waals surface area contributed by atoms with Crippen LogP contribution in [0, 0.1) is 6.92 Å². The summed E-state index contributed by atoms with van der Waals surface area (Å²) in [6.07, 6.45) is 0.745. The molecule has 2 atom stereocenters. The summed E-state index contributed by atoms with van der Waals surface area (Å²) in [7, 11) is 0. The zero-order valence-corrected chi connectivity index (χ0v) is 25.6. The number of nitrogens with zero attached hydrogens (tertiary/aromatic N) is 1. The van der Waals surface area contributed by atoms with Crippen LogP contribution in [0.15, 0.2) is 48.5 Å². The predicted octanol–water partition coefficient (Wildman–Crippen LogP) is 4.58. The third-order valence-electron chi connectivity index (χ3n) is 6.34. The molecule has 2 aromatic rings. The summed E-state index contributed by atoms with van der Waals surface area (Å²) in [5, 5.41) is 15.7. The number of alkyl carbamates (subject to hydrolysis) is 1. The van der Waals surface area contributed by atoms with Gasteiger partial charge < -0.3 is 30.1 Å². The van der Waals surface area contributed by atoms with E-state index in [2.05, 4.69) is 10.6 Å². The number of phenols is 1. The van der Waals surface area contributed by atoms with Crippen molar-refractivity contribution in [1.29, 1.82) is 0 Å². The molecule has 0 aliphatic rings. The Morgan fingerprint density at radius 3 is 2.31 bits per heavy atom. The Balaban J connectivity index is 2.51. The third kappa shape index (κ3) is 11.1. The fourth-order valence-corrected chi connectivity index (χ4v) is 4.33. The number of nitrogens with one attached hydrogen (secondary N) is 2. The van der Waals surface area contributed by atoms with Crippen LogP contribution < -0.4 is 10.6 Å². The molecule has 0 aliphatic heterocycles. The molecule has 3 N–H and O–H groups in total. The van der Waals surface area contributed by atoms with E-state index in [-0.39, 0.29) is 38.3 Å². The number of hydrogen-bond donors (Lipinski definition) is 3. The van der Waals surface area contributed by atoms with Crippen LogP contribution in [0.5, 0.6) is 5.75 Å². The van der Waals surface area contributed by atoms with Crippen molar-refractivity contribution in [2.24, 2.45) is 0 Å². The van der Waals surface area contributed by atoms with Gasteiger partial charge in [0.2, 0.25) is 11.8 Å². The molecule has 0 aromatic heterocycles. The normalized spacial score (nSPS) is 12.5. The van der Waals surface area contributed by atoms with E-state index in [1.165, 1.54) is 11.0 Å². The minimum Gasteiger partial charge on any atom is -0.508 e. The summed E-state index contributed by atoms with van der Waals surface area (Å²) >= 11 is 0. The highest BCUT2D eigenvalue weighted by atomic mass is 16.6. The number of esters is 1. The van der Waals surface area contributed by atoms with Crippen molar-refractivity contribution in [1.82, 2.24) is 15.5 Å². The fourth-order valence-electron chi connectivity index (χ4n) is 4.33. The van der Waals surface area contributed by atoms with E-state index in [0.29, 0.717) is 17.5 Å². The highest BCUT2D eigenvalue weighted by molar-refractivity contribution is 5.92. The van der Waals surface area contributed by atoms with E-state index in [1.807, 2.05) is 37.3 Å². The number of hydrogen-bond acceptors (Lipinski definition) is 7. The summed E-state index contributed by atoms with van der Waals surface area (Å²) in [4.78, 5) is 54.3. The summed E-state index contributed by atoms with van der Waals surface area (Å²) in [6.45, 7) is 11.1. The summed E-state index contributed by atoms with van der Waals surface area (Å²) < 4.78 is 10.4. The molecule has 230 valence electrons. The molecule has 0 fully saturated rings. The molecule has 3 amide bonds. The van der Waals surface area contributed by atoms with Crippen LogP contribution in [0.2, 0.25) is 0 Å². The standard InChI is InChI=1S/C32H45N3O7/c1-7-9-19-35(30(39)25(21-23-13-11-10-12-14-23)34-31(40)42-32(4,5)6)28(24-15-16-26(36)22(3)20-24)29(38)33-18-17-27(37)41-8-2/h10-16,20,25,28,36H,7-9,17-19,21H2,1-6H3,(H,33,38)(H,34,40). The molecule has 0 saturated carbocycles. The maximum Gasteiger partial charge on any atom is 0.408 e. The summed E-state index contributed by atoms with van der Waals surface area (Å²) in [6, 6.07) is 11.9. The van der Waals surface area contributed by atoms with E-state index in [0.717, 1.165) is 12.0 Å². The quantitative estimate of drug-likeness (QED) is 0.277. The minimum absolute atomic E-state index is 0.0185. The van der Waals surface area contributed by atoms with Crippen LogP contribution in [0.25, 0.3) is 0 Å². The lowest BCUT2D eigenvalue weighted by molar-refractivity contribution is -0.144. The molecular formula is C32H45N3O7. The molecule has 0 spiro atoms. The van der Waals surface area contributed by atoms with Gasteiger partial charge in [-0.1, -0.05) is 49.7 Å². The Bertz CT molecular complexity index is 1190. The van der Waals surface area contributed by atoms with Crippen LogP contribution in [-0.4, -0.2) is 65.2 Å². The molecule has 0 aliphatic carbocycles. The van der Waals surface area contributed by atoms with E-state index in [1.54, 1.807) is 46.8 Å². The fraction of sp³-hybridized carbons (Fsp3) is 0.500. The molecule has 0 heterocycles. The van der Waals surface area contributed by atoms with Gasteiger partial charge in [0.05, 0.1) is 13.0 Å². The molecule has 0 saturated heterocycles. The van der Waals surface area contributed by atoms with E-state index < -0.39 is 41.6 Å².